The van der Waals surface area contributed by atoms with E-state index >= 15 is 0 Å². The molecule has 0 unspecified atom stereocenters. The molecule has 1 atom stereocenters. The molecule has 0 radical (unpaired) electrons. The SMILES string of the molecule is CN(C)[C@@H](CNC(=O)c1cc(=O)c2ccccc2o1)c1ccccc1. The number of para-hydroxylation sites is 1. The molecule has 0 spiro atoms. The third-order valence-corrected chi connectivity index (χ3v) is 4.12. The van der Waals surface area contributed by atoms with Crippen molar-refractivity contribution in [2.45, 2.75) is 6.04 Å². The topological polar surface area (TPSA) is 62.6 Å². The largest absolute Gasteiger partial charge is 0.451 e. The molecule has 0 aliphatic carbocycles. The van der Waals surface area contributed by atoms with Gasteiger partial charge >= 0.3 is 0 Å². The summed E-state index contributed by atoms with van der Waals surface area (Å²) in [5.41, 5.74) is 1.29. The van der Waals surface area contributed by atoms with Crippen LogP contribution in [0.2, 0.25) is 0 Å². The number of nitrogens with zero attached hydrogens (tertiary/aromatic N) is 1. The van der Waals surface area contributed by atoms with Gasteiger partial charge in [-0.3, -0.25) is 9.59 Å². The maximum Gasteiger partial charge on any atom is 0.287 e. The number of amides is 1. The Labute approximate surface area is 145 Å². The Morgan fingerprint density at radius 2 is 1.76 bits per heavy atom. The molecule has 0 saturated carbocycles. The lowest BCUT2D eigenvalue weighted by Crippen LogP contribution is -2.34. The van der Waals surface area contributed by atoms with Crippen molar-refractivity contribution in [3.8, 4) is 0 Å². The molecule has 0 aliphatic rings. The second kappa shape index (κ2) is 7.32. The number of benzene rings is 2. The maximum atomic E-state index is 12.4. The normalized spacial score (nSPS) is 12.3. The van der Waals surface area contributed by atoms with Crippen molar-refractivity contribution < 1.29 is 9.21 Å². The van der Waals surface area contributed by atoms with Gasteiger partial charge in [-0.2, -0.15) is 0 Å². The summed E-state index contributed by atoms with van der Waals surface area (Å²) in [5, 5.41) is 3.32. The van der Waals surface area contributed by atoms with E-state index < -0.39 is 5.91 Å². The zero-order valence-electron chi connectivity index (χ0n) is 14.2. The summed E-state index contributed by atoms with van der Waals surface area (Å²) in [5.74, 6) is -0.375. The second-order valence-electron chi connectivity index (χ2n) is 6.07. The Hall–Kier alpha value is -2.92. The van der Waals surface area contributed by atoms with Gasteiger partial charge in [0.25, 0.3) is 5.91 Å². The summed E-state index contributed by atoms with van der Waals surface area (Å²) in [6, 6.07) is 18.1. The van der Waals surface area contributed by atoms with Crippen molar-refractivity contribution >= 4 is 16.9 Å². The summed E-state index contributed by atoms with van der Waals surface area (Å²) in [6.45, 7) is 0.409. The first-order valence-corrected chi connectivity index (χ1v) is 8.08. The average Bonchev–Trinajstić information content (AvgIpc) is 2.62. The maximum absolute atomic E-state index is 12.4. The van der Waals surface area contributed by atoms with Crippen molar-refractivity contribution in [3.63, 3.8) is 0 Å². The van der Waals surface area contributed by atoms with Crippen LogP contribution in [0.4, 0.5) is 0 Å². The van der Waals surface area contributed by atoms with E-state index in [0.717, 1.165) is 5.56 Å². The highest BCUT2D eigenvalue weighted by atomic mass is 16.3. The summed E-state index contributed by atoms with van der Waals surface area (Å²) in [4.78, 5) is 26.6. The van der Waals surface area contributed by atoms with Crippen LogP contribution in [0.1, 0.15) is 22.2 Å². The molecule has 1 heterocycles. The van der Waals surface area contributed by atoms with Crippen molar-refractivity contribution in [2.24, 2.45) is 0 Å². The Morgan fingerprint density at radius 3 is 2.48 bits per heavy atom. The fraction of sp³-hybridized carbons (Fsp3) is 0.200. The minimum atomic E-state index is -0.398. The van der Waals surface area contributed by atoms with E-state index in [1.165, 1.54) is 6.07 Å². The number of likely N-dealkylation sites (N-methyl/N-ethyl adjacent to an activating group) is 1. The highest BCUT2D eigenvalue weighted by Crippen LogP contribution is 2.17. The van der Waals surface area contributed by atoms with Gasteiger partial charge in [-0.05, 0) is 31.8 Å². The Balaban J connectivity index is 1.79. The molecule has 2 aromatic carbocycles. The summed E-state index contributed by atoms with van der Waals surface area (Å²) >= 11 is 0. The quantitative estimate of drug-likeness (QED) is 0.778. The lowest BCUT2D eigenvalue weighted by Gasteiger charge is -2.25. The van der Waals surface area contributed by atoms with Crippen LogP contribution in [0.25, 0.3) is 11.0 Å². The van der Waals surface area contributed by atoms with Gasteiger partial charge in [-0.25, -0.2) is 0 Å². The van der Waals surface area contributed by atoms with Crippen LogP contribution in [0, 0.1) is 0 Å². The van der Waals surface area contributed by atoms with E-state index in [1.54, 1.807) is 24.3 Å². The molecule has 128 valence electrons. The molecule has 5 heteroatoms. The van der Waals surface area contributed by atoms with Gasteiger partial charge in [0, 0.05) is 12.6 Å². The van der Waals surface area contributed by atoms with Gasteiger partial charge in [0.2, 0.25) is 0 Å². The number of nitrogens with one attached hydrogen (secondary N) is 1. The number of carbonyl (C=O) groups excluding carboxylic acids is 1. The molecular weight excluding hydrogens is 316 g/mol. The lowest BCUT2D eigenvalue weighted by molar-refractivity contribution is 0.0914. The molecule has 0 saturated heterocycles. The number of hydrogen-bond donors (Lipinski definition) is 1. The van der Waals surface area contributed by atoms with Gasteiger partial charge in [0.1, 0.15) is 5.58 Å². The Morgan fingerprint density at radius 1 is 1.08 bits per heavy atom. The molecule has 1 amide bonds. The summed E-state index contributed by atoms with van der Waals surface area (Å²) in [7, 11) is 3.92. The van der Waals surface area contributed by atoms with Crippen molar-refractivity contribution in [3.05, 3.63) is 82.2 Å². The third kappa shape index (κ3) is 3.78. The van der Waals surface area contributed by atoms with Gasteiger partial charge in [-0.15, -0.1) is 0 Å². The zero-order valence-corrected chi connectivity index (χ0v) is 14.2. The first-order valence-electron chi connectivity index (χ1n) is 8.08. The molecule has 1 aromatic heterocycles. The van der Waals surface area contributed by atoms with Crippen LogP contribution >= 0.6 is 0 Å². The van der Waals surface area contributed by atoms with Crippen molar-refractivity contribution in [1.29, 1.82) is 0 Å². The molecule has 0 bridgehead atoms. The smallest absolute Gasteiger partial charge is 0.287 e. The molecule has 0 fully saturated rings. The highest BCUT2D eigenvalue weighted by molar-refractivity contribution is 5.93. The average molecular weight is 336 g/mol. The van der Waals surface area contributed by atoms with Gasteiger partial charge < -0.3 is 14.6 Å². The number of fused-ring (bicyclic) bond motifs is 1. The zero-order chi connectivity index (χ0) is 17.8. The first kappa shape index (κ1) is 16.9. The minimum absolute atomic E-state index is 0.0225. The number of rotatable bonds is 5. The van der Waals surface area contributed by atoms with Gasteiger partial charge in [0.15, 0.2) is 11.2 Å². The minimum Gasteiger partial charge on any atom is -0.451 e. The molecule has 5 nitrogen and oxygen atoms in total. The molecule has 0 aliphatic heterocycles. The molecule has 25 heavy (non-hydrogen) atoms. The van der Waals surface area contributed by atoms with E-state index in [2.05, 4.69) is 5.32 Å². The number of carbonyl (C=O) groups is 1. The predicted octanol–water partition coefficient (Wildman–Crippen LogP) is 2.83. The van der Waals surface area contributed by atoms with Crippen molar-refractivity contribution in [1.82, 2.24) is 10.2 Å². The van der Waals surface area contributed by atoms with Crippen molar-refractivity contribution in [2.75, 3.05) is 20.6 Å². The van der Waals surface area contributed by atoms with E-state index in [-0.39, 0.29) is 17.2 Å². The van der Waals surface area contributed by atoms with E-state index in [4.69, 9.17) is 4.42 Å². The molecule has 3 aromatic rings. The van der Waals surface area contributed by atoms with E-state index in [9.17, 15) is 9.59 Å². The fourth-order valence-corrected chi connectivity index (χ4v) is 2.77. The summed E-state index contributed by atoms with van der Waals surface area (Å²) in [6.07, 6.45) is 0. The summed E-state index contributed by atoms with van der Waals surface area (Å²) < 4.78 is 5.58. The van der Waals surface area contributed by atoms with E-state index in [1.807, 2.05) is 49.3 Å². The molecule has 1 N–H and O–H groups in total. The van der Waals surface area contributed by atoms with Gasteiger partial charge in [-0.1, -0.05) is 42.5 Å². The lowest BCUT2D eigenvalue weighted by atomic mass is 10.1. The van der Waals surface area contributed by atoms with Crippen LogP contribution in [0.3, 0.4) is 0 Å². The van der Waals surface area contributed by atoms with Crippen LogP contribution in [-0.4, -0.2) is 31.4 Å². The second-order valence-corrected chi connectivity index (χ2v) is 6.07. The molecule has 3 rings (SSSR count). The van der Waals surface area contributed by atoms with Gasteiger partial charge in [0.05, 0.1) is 11.4 Å². The Bertz CT molecular complexity index is 932. The van der Waals surface area contributed by atoms with Crippen LogP contribution in [0.5, 0.6) is 0 Å². The number of hydrogen-bond acceptors (Lipinski definition) is 4. The van der Waals surface area contributed by atoms with Crippen LogP contribution in [0.15, 0.2) is 69.9 Å². The third-order valence-electron chi connectivity index (χ3n) is 4.12. The first-order chi connectivity index (χ1) is 12.1. The standard InChI is InChI=1S/C20H20N2O3/c1-22(2)16(14-8-4-3-5-9-14)13-21-20(24)19-12-17(23)15-10-6-7-11-18(15)25-19/h3-12,16H,13H2,1-2H3,(H,21,24)/t16-/m0/s1. The van der Waals surface area contributed by atoms with Crippen LogP contribution < -0.4 is 10.7 Å². The van der Waals surface area contributed by atoms with E-state index in [0.29, 0.717) is 17.5 Å². The monoisotopic (exact) mass is 336 g/mol. The Kier molecular flexibility index (Phi) is 4.95. The fourth-order valence-electron chi connectivity index (χ4n) is 2.77. The predicted molar refractivity (Wildman–Crippen MR) is 97.7 cm³/mol. The molecular formula is C20H20N2O3. The highest BCUT2D eigenvalue weighted by Gasteiger charge is 2.17. The van der Waals surface area contributed by atoms with Crippen LogP contribution in [-0.2, 0) is 0 Å².